The molecule has 304 valence electrons. The lowest BCUT2D eigenvalue weighted by atomic mass is 10.0. The van der Waals surface area contributed by atoms with Crippen LogP contribution in [0, 0.1) is 0 Å². The molecule has 0 rings (SSSR count). The minimum Gasteiger partial charge on any atom is -0.355 e. The summed E-state index contributed by atoms with van der Waals surface area (Å²) in [6, 6.07) is 0. The van der Waals surface area contributed by atoms with Crippen LogP contribution in [0.25, 0.3) is 0 Å². The number of amides is 2. The third-order valence-electron chi connectivity index (χ3n) is 10.6. The van der Waals surface area contributed by atoms with Crippen molar-refractivity contribution in [2.75, 3.05) is 37.7 Å². The lowest BCUT2D eigenvalue weighted by molar-refractivity contribution is -0.131. The van der Waals surface area contributed by atoms with Crippen molar-refractivity contribution in [1.29, 1.82) is 0 Å². The zero-order valence-corrected chi connectivity index (χ0v) is 35.6. The summed E-state index contributed by atoms with van der Waals surface area (Å²) in [5.74, 6) is 1.94. The van der Waals surface area contributed by atoms with Gasteiger partial charge in [-0.1, -0.05) is 213 Å². The van der Waals surface area contributed by atoms with Crippen molar-refractivity contribution in [3.63, 3.8) is 0 Å². The molecule has 0 unspecified atom stereocenters. The number of nitrogens with zero attached hydrogens (tertiary/aromatic N) is 1. The molecule has 0 spiro atoms. The van der Waals surface area contributed by atoms with Gasteiger partial charge in [-0.15, -0.1) is 0 Å². The van der Waals surface area contributed by atoms with E-state index >= 15 is 0 Å². The highest BCUT2D eigenvalue weighted by atomic mass is 32.2. The molecule has 0 aromatic carbocycles. The van der Waals surface area contributed by atoms with Crippen molar-refractivity contribution < 1.29 is 9.59 Å². The highest BCUT2D eigenvalue weighted by Gasteiger charge is 2.13. The van der Waals surface area contributed by atoms with Gasteiger partial charge in [0.15, 0.2) is 0 Å². The number of carbonyl (C=O) groups excluding carboxylic acids is 2. The number of nitrogens with one attached hydrogen (secondary N) is 1. The Balaban J connectivity index is 4.04. The first-order valence-corrected chi connectivity index (χ1v) is 24.1. The van der Waals surface area contributed by atoms with Gasteiger partial charge in [0.2, 0.25) is 11.8 Å². The van der Waals surface area contributed by atoms with Gasteiger partial charge in [-0.3, -0.25) is 9.59 Å². The van der Waals surface area contributed by atoms with Gasteiger partial charge in [0.05, 0.1) is 0 Å². The van der Waals surface area contributed by atoms with Gasteiger partial charge in [-0.2, -0.15) is 11.8 Å². The van der Waals surface area contributed by atoms with Gasteiger partial charge in [-0.05, 0) is 12.8 Å². The van der Waals surface area contributed by atoms with Crippen molar-refractivity contribution in [3.05, 3.63) is 0 Å². The maximum atomic E-state index is 13.2. The molecule has 0 aliphatic carbocycles. The highest BCUT2D eigenvalue weighted by Crippen LogP contribution is 2.17. The quantitative estimate of drug-likeness (QED) is 0.0611. The smallest absolute Gasteiger partial charge is 0.223 e. The minimum absolute atomic E-state index is 0.0585. The molecule has 0 radical (unpaired) electrons. The van der Waals surface area contributed by atoms with E-state index in [0.29, 0.717) is 31.8 Å². The van der Waals surface area contributed by atoms with Crippen LogP contribution < -0.4 is 11.1 Å². The molecule has 0 fully saturated rings. The van der Waals surface area contributed by atoms with Gasteiger partial charge in [0.1, 0.15) is 0 Å². The molecule has 3 N–H and O–H groups in total. The summed E-state index contributed by atoms with van der Waals surface area (Å²) in [6.45, 7) is 7.44. The number of hydrogen-bond acceptors (Lipinski definition) is 4. The van der Waals surface area contributed by atoms with Crippen molar-refractivity contribution >= 4 is 23.6 Å². The third kappa shape index (κ3) is 40.3. The largest absolute Gasteiger partial charge is 0.355 e. The number of nitrogens with two attached hydrogens (primary N) is 1. The number of thioether (sulfide) groups is 1. The van der Waals surface area contributed by atoms with E-state index in [-0.39, 0.29) is 5.91 Å². The Kier molecular flexibility index (Phi) is 43.0. The number of unbranched alkanes of at least 4 members (excludes halogenated alkanes) is 31. The molecule has 0 saturated heterocycles. The Bertz CT molecular complexity index is 707. The average molecular weight is 738 g/mol. The van der Waals surface area contributed by atoms with E-state index < -0.39 is 0 Å². The fourth-order valence-electron chi connectivity index (χ4n) is 7.12. The molecule has 0 atom stereocenters. The average Bonchev–Trinajstić information content (AvgIpc) is 3.13. The summed E-state index contributed by atoms with van der Waals surface area (Å²) in [4.78, 5) is 27.2. The molecular weight excluding hydrogens is 647 g/mol. The monoisotopic (exact) mass is 738 g/mol. The van der Waals surface area contributed by atoms with Crippen molar-refractivity contribution in [3.8, 4) is 0 Å². The Labute approximate surface area is 324 Å². The lowest BCUT2D eigenvalue weighted by Crippen LogP contribution is -2.33. The maximum Gasteiger partial charge on any atom is 0.223 e. The topological polar surface area (TPSA) is 75.4 Å². The Morgan fingerprint density at radius 3 is 1.06 bits per heavy atom. The van der Waals surface area contributed by atoms with Crippen molar-refractivity contribution in [2.45, 2.75) is 239 Å². The van der Waals surface area contributed by atoms with Gasteiger partial charge in [0.25, 0.3) is 0 Å². The van der Waals surface area contributed by atoms with Crippen LogP contribution in [0.1, 0.15) is 239 Å². The molecule has 0 heterocycles. The summed E-state index contributed by atoms with van der Waals surface area (Å²) in [7, 11) is 0. The molecule has 5 nitrogen and oxygen atoms in total. The molecule has 0 bridgehead atoms. The third-order valence-corrected chi connectivity index (χ3v) is 11.6. The predicted octanol–water partition coefficient (Wildman–Crippen LogP) is 13.3. The van der Waals surface area contributed by atoms with Gasteiger partial charge in [0, 0.05) is 50.5 Å². The zero-order valence-electron chi connectivity index (χ0n) is 34.7. The summed E-state index contributed by atoms with van der Waals surface area (Å²) >= 11 is 1.72. The van der Waals surface area contributed by atoms with Crippen LogP contribution in [0.15, 0.2) is 0 Å². The van der Waals surface area contributed by atoms with Crippen molar-refractivity contribution in [1.82, 2.24) is 10.2 Å². The molecule has 0 aromatic heterocycles. The first-order valence-electron chi connectivity index (χ1n) is 23.0. The predicted molar refractivity (Wildman–Crippen MR) is 229 cm³/mol. The second kappa shape index (κ2) is 43.7. The second-order valence-corrected chi connectivity index (χ2v) is 16.8. The summed E-state index contributed by atoms with van der Waals surface area (Å²) in [6.07, 6.45) is 46.6. The van der Waals surface area contributed by atoms with Crippen LogP contribution >= 0.6 is 11.8 Å². The number of rotatable bonds is 43. The minimum atomic E-state index is 0.0585. The van der Waals surface area contributed by atoms with E-state index in [9.17, 15) is 9.59 Å². The first-order chi connectivity index (χ1) is 25.2. The Hall–Kier alpha value is -0.750. The Morgan fingerprint density at radius 2 is 0.745 bits per heavy atom. The lowest BCUT2D eigenvalue weighted by Gasteiger charge is -2.23. The molecular formula is C45H91N3O2S. The normalized spacial score (nSPS) is 11.4. The molecule has 0 aliphatic rings. The van der Waals surface area contributed by atoms with Crippen LogP contribution in [0.2, 0.25) is 0 Å². The van der Waals surface area contributed by atoms with E-state index in [1.165, 1.54) is 199 Å². The fraction of sp³-hybridized carbons (Fsp3) is 0.956. The van der Waals surface area contributed by atoms with Crippen LogP contribution in [0.3, 0.4) is 0 Å². The van der Waals surface area contributed by atoms with Gasteiger partial charge in [-0.25, -0.2) is 0 Å². The second-order valence-electron chi connectivity index (χ2n) is 15.6. The number of carbonyl (C=O) groups is 2. The fourth-order valence-corrected chi connectivity index (χ4v) is 7.98. The van der Waals surface area contributed by atoms with Crippen LogP contribution in [0.4, 0.5) is 0 Å². The van der Waals surface area contributed by atoms with Crippen molar-refractivity contribution in [2.24, 2.45) is 5.73 Å². The summed E-state index contributed by atoms with van der Waals surface area (Å²) < 4.78 is 0. The summed E-state index contributed by atoms with van der Waals surface area (Å²) in [5.41, 5.74) is 5.47. The molecule has 51 heavy (non-hydrogen) atoms. The maximum absolute atomic E-state index is 13.2. The Morgan fingerprint density at radius 1 is 0.451 bits per heavy atom. The van der Waals surface area contributed by atoms with Gasteiger partial charge >= 0.3 is 0 Å². The van der Waals surface area contributed by atoms with E-state index in [0.717, 1.165) is 37.4 Å². The molecule has 6 heteroatoms. The molecule has 0 aromatic rings. The molecule has 0 aliphatic heterocycles. The zero-order chi connectivity index (χ0) is 37.1. The van der Waals surface area contributed by atoms with Crippen LogP contribution in [0.5, 0.6) is 0 Å². The van der Waals surface area contributed by atoms with Crippen LogP contribution in [-0.2, 0) is 9.59 Å². The van der Waals surface area contributed by atoms with Crippen LogP contribution in [-0.4, -0.2) is 54.4 Å². The number of hydrogen-bond donors (Lipinski definition) is 2. The first kappa shape index (κ1) is 50.2. The molecule has 2 amide bonds. The SMILES string of the molecule is CCCCCCCCCCCCCCCCCCCN(CCCCCCCCCCCCCCCCCC)C(=O)CCSCCC(=O)NCCN. The van der Waals surface area contributed by atoms with Gasteiger partial charge < -0.3 is 16.0 Å². The standard InChI is InChI=1S/C45H91N3O2S/c1-3-5-7-9-11-13-15-17-19-21-23-25-27-29-31-33-35-41-48(45(50)37-43-51-42-36-44(49)47-39-38-46)40-34-32-30-28-26-24-22-20-18-16-14-12-10-8-6-4-2/h3-43,46H2,1-2H3,(H,47,49). The highest BCUT2D eigenvalue weighted by molar-refractivity contribution is 7.99. The van der Waals surface area contributed by atoms with E-state index in [2.05, 4.69) is 24.1 Å². The van der Waals surface area contributed by atoms with E-state index in [1.54, 1.807) is 11.8 Å². The van der Waals surface area contributed by atoms with E-state index in [1.807, 2.05) is 0 Å². The molecule has 0 saturated carbocycles. The summed E-state index contributed by atoms with van der Waals surface area (Å²) in [5, 5.41) is 2.83. The van der Waals surface area contributed by atoms with E-state index in [4.69, 9.17) is 5.73 Å².